The van der Waals surface area contributed by atoms with Crippen molar-refractivity contribution >= 4 is 0 Å². The summed E-state index contributed by atoms with van der Waals surface area (Å²) >= 11 is 0. The lowest BCUT2D eigenvalue weighted by Gasteiger charge is -2.19. The maximum absolute atomic E-state index is 5.58. The second kappa shape index (κ2) is 5.36. The Hall–Kier alpha value is -0.300. The molecular formula is C11H22O. The number of unbranched alkanes of at least 4 members (excludes halogenated alkanes) is 1. The molecule has 0 aliphatic rings. The Bertz CT molecular complexity index is 130. The van der Waals surface area contributed by atoms with Crippen LogP contribution in [0.3, 0.4) is 0 Å². The number of ether oxygens (including phenoxy) is 1. The molecule has 0 aromatic carbocycles. The van der Waals surface area contributed by atoms with Gasteiger partial charge in [-0.25, -0.2) is 0 Å². The lowest BCUT2D eigenvalue weighted by Crippen LogP contribution is -2.19. The highest BCUT2D eigenvalue weighted by atomic mass is 16.5. The fraction of sp³-hybridized carbons (Fsp3) is 0.818. The molecule has 0 spiro atoms. The molecule has 1 heteroatoms. The van der Waals surface area contributed by atoms with Crippen molar-refractivity contribution in [3.8, 4) is 0 Å². The normalized spacial score (nSPS) is 11.7. The zero-order chi connectivity index (χ0) is 9.61. The number of allylic oxidation sites excluding steroid dienone is 1. The van der Waals surface area contributed by atoms with Crippen molar-refractivity contribution in [2.24, 2.45) is 0 Å². The molecule has 12 heavy (non-hydrogen) atoms. The first kappa shape index (κ1) is 11.7. The molecule has 0 aromatic rings. The molecule has 0 atom stereocenters. The minimum Gasteiger partial charge on any atom is -0.376 e. The number of rotatable bonds is 5. The topological polar surface area (TPSA) is 9.23 Å². The van der Waals surface area contributed by atoms with Crippen molar-refractivity contribution in [3.63, 3.8) is 0 Å². The molecule has 0 unspecified atom stereocenters. The van der Waals surface area contributed by atoms with Gasteiger partial charge in [0.1, 0.15) is 0 Å². The summed E-state index contributed by atoms with van der Waals surface area (Å²) in [6.07, 6.45) is 3.48. The standard InChI is InChI=1S/C11H22O/c1-10(2)8-6-7-9-12-11(3,4)5/h1,6-9H2,2-5H3. The lowest BCUT2D eigenvalue weighted by molar-refractivity contribution is -0.00451. The molecule has 0 bridgehead atoms. The van der Waals surface area contributed by atoms with Crippen molar-refractivity contribution in [3.05, 3.63) is 12.2 Å². The van der Waals surface area contributed by atoms with E-state index in [-0.39, 0.29) is 5.60 Å². The Kier molecular flexibility index (Phi) is 5.23. The summed E-state index contributed by atoms with van der Waals surface area (Å²) in [7, 11) is 0. The number of hydrogen-bond acceptors (Lipinski definition) is 1. The van der Waals surface area contributed by atoms with Crippen LogP contribution in [-0.4, -0.2) is 12.2 Å². The zero-order valence-corrected chi connectivity index (χ0v) is 8.94. The first-order chi connectivity index (χ1) is 5.42. The SMILES string of the molecule is C=C(C)CCCCOC(C)(C)C. The van der Waals surface area contributed by atoms with Gasteiger partial charge in [-0.2, -0.15) is 0 Å². The summed E-state index contributed by atoms with van der Waals surface area (Å²) in [6, 6.07) is 0. The van der Waals surface area contributed by atoms with E-state index in [0.29, 0.717) is 0 Å². The smallest absolute Gasteiger partial charge is 0.0598 e. The van der Waals surface area contributed by atoms with E-state index in [4.69, 9.17) is 4.74 Å². The molecule has 0 fully saturated rings. The summed E-state index contributed by atoms with van der Waals surface area (Å²) in [5, 5.41) is 0. The average Bonchev–Trinajstić information content (AvgIpc) is 1.83. The van der Waals surface area contributed by atoms with E-state index in [1.807, 2.05) is 0 Å². The highest BCUT2D eigenvalue weighted by Gasteiger charge is 2.08. The fourth-order valence-electron chi connectivity index (χ4n) is 0.907. The van der Waals surface area contributed by atoms with Crippen molar-refractivity contribution < 1.29 is 4.74 Å². The minimum absolute atomic E-state index is 0.0171. The second-order valence-corrected chi connectivity index (χ2v) is 4.38. The average molecular weight is 170 g/mol. The maximum Gasteiger partial charge on any atom is 0.0598 e. The zero-order valence-electron chi connectivity index (χ0n) is 8.94. The van der Waals surface area contributed by atoms with E-state index in [1.54, 1.807) is 0 Å². The molecule has 0 aliphatic heterocycles. The monoisotopic (exact) mass is 170 g/mol. The third kappa shape index (κ3) is 9.70. The predicted octanol–water partition coefficient (Wildman–Crippen LogP) is 3.55. The lowest BCUT2D eigenvalue weighted by atomic mass is 10.1. The molecule has 0 saturated carbocycles. The molecule has 0 radical (unpaired) electrons. The Labute approximate surface area is 76.8 Å². The third-order valence-electron chi connectivity index (χ3n) is 1.53. The van der Waals surface area contributed by atoms with Gasteiger partial charge in [0.15, 0.2) is 0 Å². The van der Waals surface area contributed by atoms with Gasteiger partial charge in [0, 0.05) is 6.61 Å². The van der Waals surface area contributed by atoms with Crippen molar-refractivity contribution in [1.29, 1.82) is 0 Å². The summed E-state index contributed by atoms with van der Waals surface area (Å²) in [4.78, 5) is 0. The van der Waals surface area contributed by atoms with Crippen LogP contribution >= 0.6 is 0 Å². The molecule has 0 saturated heterocycles. The van der Waals surface area contributed by atoms with Crippen LogP contribution in [-0.2, 0) is 4.74 Å². The molecule has 0 aliphatic carbocycles. The van der Waals surface area contributed by atoms with Gasteiger partial charge >= 0.3 is 0 Å². The van der Waals surface area contributed by atoms with Crippen LogP contribution in [0.5, 0.6) is 0 Å². The first-order valence-corrected chi connectivity index (χ1v) is 4.70. The van der Waals surface area contributed by atoms with E-state index >= 15 is 0 Å². The van der Waals surface area contributed by atoms with E-state index in [2.05, 4.69) is 34.3 Å². The van der Waals surface area contributed by atoms with Gasteiger partial charge in [0.2, 0.25) is 0 Å². The van der Waals surface area contributed by atoms with Gasteiger partial charge in [0.05, 0.1) is 5.60 Å². The quantitative estimate of drug-likeness (QED) is 0.453. The summed E-state index contributed by atoms with van der Waals surface area (Å²) in [6.45, 7) is 13.1. The molecular weight excluding hydrogens is 148 g/mol. The Balaban J connectivity index is 3.17. The maximum atomic E-state index is 5.58. The van der Waals surface area contributed by atoms with E-state index in [1.165, 1.54) is 12.0 Å². The molecule has 72 valence electrons. The van der Waals surface area contributed by atoms with Gasteiger partial charge in [-0.1, -0.05) is 5.57 Å². The molecule has 0 heterocycles. The third-order valence-corrected chi connectivity index (χ3v) is 1.53. The number of hydrogen-bond donors (Lipinski definition) is 0. The second-order valence-electron chi connectivity index (χ2n) is 4.38. The Morgan fingerprint density at radius 2 is 1.83 bits per heavy atom. The molecule has 0 amide bonds. The van der Waals surface area contributed by atoms with Gasteiger partial charge in [-0.05, 0) is 47.0 Å². The van der Waals surface area contributed by atoms with Crippen molar-refractivity contribution in [2.45, 2.75) is 52.6 Å². The minimum atomic E-state index is 0.0171. The molecule has 1 nitrogen and oxygen atoms in total. The van der Waals surface area contributed by atoms with Crippen LogP contribution in [0.1, 0.15) is 47.0 Å². The summed E-state index contributed by atoms with van der Waals surface area (Å²) in [5.74, 6) is 0. The highest BCUT2D eigenvalue weighted by molar-refractivity contribution is 4.86. The fourth-order valence-corrected chi connectivity index (χ4v) is 0.907. The molecule has 0 aromatic heterocycles. The molecule has 0 rings (SSSR count). The predicted molar refractivity (Wildman–Crippen MR) is 54.4 cm³/mol. The van der Waals surface area contributed by atoms with Gasteiger partial charge in [-0.15, -0.1) is 6.58 Å². The van der Waals surface area contributed by atoms with Crippen LogP contribution in [0.25, 0.3) is 0 Å². The van der Waals surface area contributed by atoms with Gasteiger partial charge in [-0.3, -0.25) is 0 Å². The van der Waals surface area contributed by atoms with E-state index in [0.717, 1.165) is 19.4 Å². The van der Waals surface area contributed by atoms with Crippen LogP contribution in [0.2, 0.25) is 0 Å². The van der Waals surface area contributed by atoms with E-state index in [9.17, 15) is 0 Å². The van der Waals surface area contributed by atoms with E-state index < -0.39 is 0 Å². The van der Waals surface area contributed by atoms with Crippen LogP contribution in [0, 0.1) is 0 Å². The van der Waals surface area contributed by atoms with Crippen molar-refractivity contribution in [1.82, 2.24) is 0 Å². The van der Waals surface area contributed by atoms with Crippen LogP contribution < -0.4 is 0 Å². The largest absolute Gasteiger partial charge is 0.376 e. The van der Waals surface area contributed by atoms with Crippen LogP contribution in [0.15, 0.2) is 12.2 Å². The highest BCUT2D eigenvalue weighted by Crippen LogP contribution is 2.09. The first-order valence-electron chi connectivity index (χ1n) is 4.70. The summed E-state index contributed by atoms with van der Waals surface area (Å²) < 4.78 is 5.58. The molecule has 0 N–H and O–H groups in total. The van der Waals surface area contributed by atoms with Gasteiger partial charge < -0.3 is 4.74 Å². The summed E-state index contributed by atoms with van der Waals surface area (Å²) in [5.41, 5.74) is 1.29. The van der Waals surface area contributed by atoms with Crippen LogP contribution in [0.4, 0.5) is 0 Å². The Morgan fingerprint density at radius 1 is 1.25 bits per heavy atom. The Morgan fingerprint density at radius 3 is 2.25 bits per heavy atom. The van der Waals surface area contributed by atoms with Crippen molar-refractivity contribution in [2.75, 3.05) is 6.61 Å². The van der Waals surface area contributed by atoms with Gasteiger partial charge in [0.25, 0.3) is 0 Å².